The van der Waals surface area contributed by atoms with E-state index in [1.165, 1.54) is 5.57 Å². The first kappa shape index (κ1) is 33.2. The number of sulfone groups is 1. The number of rotatable bonds is 16. The van der Waals surface area contributed by atoms with Crippen molar-refractivity contribution < 1.29 is 27.9 Å². The minimum absolute atomic E-state index is 0.211. The van der Waals surface area contributed by atoms with Crippen molar-refractivity contribution in [2.45, 2.75) is 52.1 Å². The van der Waals surface area contributed by atoms with Crippen molar-refractivity contribution in [2.75, 3.05) is 32.3 Å². The van der Waals surface area contributed by atoms with Crippen LogP contribution < -0.4 is 10.6 Å². The maximum absolute atomic E-state index is 13.4. The summed E-state index contributed by atoms with van der Waals surface area (Å²) in [7, 11) is -1.64. The highest BCUT2D eigenvalue weighted by atomic mass is 32.2. The first-order valence-corrected chi connectivity index (χ1v) is 16.6. The Morgan fingerprint density at radius 1 is 1.12 bits per heavy atom. The third-order valence-corrected chi connectivity index (χ3v) is 8.81. The van der Waals surface area contributed by atoms with Gasteiger partial charge in [0.15, 0.2) is 0 Å². The second-order valence-electron chi connectivity index (χ2n) is 11.0. The normalized spacial score (nSPS) is 15.5. The van der Waals surface area contributed by atoms with Crippen molar-refractivity contribution in [1.82, 2.24) is 10.6 Å². The molecule has 1 aliphatic rings. The van der Waals surface area contributed by atoms with Gasteiger partial charge >= 0.3 is 5.97 Å². The standard InChI is InChI=1S/C33H44N2O6S/c1-5-25(22-41-3)30(26-12-7-6-8-13-26)21-34-20-24-15-16-28(29(19-24)27-14-10-9-11-23(27)2)32(36)35-31(33(37)38)17-18-42(4,39)40/h6-7,9-12,14-16,19,25,30-31,34H,5,8,13,17-18,20-22H2,1-4H3,(H,35,36)(H,37,38)/t25?,30?,31-/m0/s1. The fourth-order valence-electron chi connectivity index (χ4n) is 5.46. The number of nitrogens with one attached hydrogen (secondary N) is 2. The lowest BCUT2D eigenvalue weighted by molar-refractivity contribution is -0.139. The van der Waals surface area contributed by atoms with Gasteiger partial charge in [-0.3, -0.25) is 4.79 Å². The first-order chi connectivity index (χ1) is 20.0. The molecule has 2 aromatic rings. The molecule has 3 atom stereocenters. The summed E-state index contributed by atoms with van der Waals surface area (Å²) >= 11 is 0. The molecule has 0 saturated heterocycles. The van der Waals surface area contributed by atoms with Crippen molar-refractivity contribution in [3.05, 3.63) is 83.0 Å². The molecule has 1 amide bonds. The molecule has 0 spiro atoms. The van der Waals surface area contributed by atoms with Crippen LogP contribution in [-0.4, -0.2) is 63.7 Å². The average Bonchev–Trinajstić information content (AvgIpc) is 2.96. The smallest absolute Gasteiger partial charge is 0.326 e. The van der Waals surface area contributed by atoms with E-state index in [0.29, 0.717) is 36.1 Å². The molecule has 228 valence electrons. The van der Waals surface area contributed by atoms with Gasteiger partial charge in [-0.1, -0.05) is 67.5 Å². The van der Waals surface area contributed by atoms with Crippen LogP contribution in [0.3, 0.4) is 0 Å². The highest BCUT2D eigenvalue weighted by Gasteiger charge is 2.26. The zero-order valence-electron chi connectivity index (χ0n) is 25.1. The van der Waals surface area contributed by atoms with Crippen LogP contribution in [0.25, 0.3) is 11.1 Å². The number of amides is 1. The van der Waals surface area contributed by atoms with Crippen LogP contribution >= 0.6 is 0 Å². The van der Waals surface area contributed by atoms with Crippen molar-refractivity contribution in [2.24, 2.45) is 11.8 Å². The van der Waals surface area contributed by atoms with E-state index in [1.807, 2.05) is 43.3 Å². The summed E-state index contributed by atoms with van der Waals surface area (Å²) in [4.78, 5) is 25.2. The van der Waals surface area contributed by atoms with Crippen LogP contribution in [0.4, 0.5) is 0 Å². The molecule has 8 nitrogen and oxygen atoms in total. The van der Waals surface area contributed by atoms with E-state index in [0.717, 1.165) is 48.8 Å². The number of benzene rings is 2. The van der Waals surface area contributed by atoms with E-state index in [4.69, 9.17) is 4.74 Å². The van der Waals surface area contributed by atoms with Crippen LogP contribution in [0.1, 0.15) is 54.1 Å². The number of carbonyl (C=O) groups is 2. The lowest BCUT2D eigenvalue weighted by Crippen LogP contribution is -2.42. The fraction of sp³-hybridized carbons (Fsp3) is 0.455. The molecule has 0 aromatic heterocycles. The Morgan fingerprint density at radius 3 is 2.50 bits per heavy atom. The van der Waals surface area contributed by atoms with Crippen LogP contribution in [0.5, 0.6) is 0 Å². The maximum atomic E-state index is 13.4. The average molecular weight is 597 g/mol. The number of carboxylic acid groups (broad SMARTS) is 1. The SMILES string of the molecule is CCC(COC)C(CNCc1ccc(C(=O)N[C@@H](CCS(C)(=O)=O)C(=O)O)c(-c2ccccc2C)c1)C1=CC=CCC1. The minimum atomic E-state index is -3.38. The summed E-state index contributed by atoms with van der Waals surface area (Å²) in [5, 5.41) is 15.8. The zero-order chi connectivity index (χ0) is 30.7. The van der Waals surface area contributed by atoms with Gasteiger partial charge in [-0.05, 0) is 72.4 Å². The molecular weight excluding hydrogens is 552 g/mol. The maximum Gasteiger partial charge on any atom is 0.326 e. The summed E-state index contributed by atoms with van der Waals surface area (Å²) in [5.41, 5.74) is 5.31. The van der Waals surface area contributed by atoms with Gasteiger partial charge in [0.1, 0.15) is 15.9 Å². The Balaban J connectivity index is 1.85. The molecule has 3 N–H and O–H groups in total. The molecule has 9 heteroatoms. The molecule has 0 fully saturated rings. The van der Waals surface area contributed by atoms with E-state index in [2.05, 4.69) is 35.8 Å². The van der Waals surface area contributed by atoms with E-state index >= 15 is 0 Å². The summed E-state index contributed by atoms with van der Waals surface area (Å²) in [6.45, 7) is 6.25. The van der Waals surface area contributed by atoms with Gasteiger partial charge < -0.3 is 20.5 Å². The van der Waals surface area contributed by atoms with Crippen molar-refractivity contribution in [1.29, 1.82) is 0 Å². The Hall–Kier alpha value is -3.27. The molecule has 2 unspecified atom stereocenters. The first-order valence-electron chi connectivity index (χ1n) is 14.5. The summed E-state index contributed by atoms with van der Waals surface area (Å²) in [6, 6.07) is 12.0. The molecule has 1 aliphatic carbocycles. The predicted octanol–water partition coefficient (Wildman–Crippen LogP) is 4.93. The number of carbonyl (C=O) groups excluding carboxylic acids is 1. The van der Waals surface area contributed by atoms with Crippen LogP contribution in [0.2, 0.25) is 0 Å². The molecular formula is C33H44N2O6S. The van der Waals surface area contributed by atoms with Crippen LogP contribution in [0.15, 0.2) is 66.3 Å². The Labute approximate surface area is 250 Å². The van der Waals surface area contributed by atoms with Gasteiger partial charge in [0, 0.05) is 38.6 Å². The van der Waals surface area contributed by atoms with Crippen molar-refractivity contribution >= 4 is 21.7 Å². The number of carboxylic acids is 1. The predicted molar refractivity (Wildman–Crippen MR) is 167 cm³/mol. The molecule has 0 radical (unpaired) electrons. The van der Waals surface area contributed by atoms with E-state index in [1.54, 1.807) is 13.2 Å². The number of aliphatic carboxylic acids is 1. The molecule has 0 aliphatic heterocycles. The summed E-state index contributed by atoms with van der Waals surface area (Å²) < 4.78 is 28.8. The van der Waals surface area contributed by atoms with Crippen molar-refractivity contribution in [3.8, 4) is 11.1 Å². The van der Waals surface area contributed by atoms with E-state index in [-0.39, 0.29) is 12.2 Å². The highest BCUT2D eigenvalue weighted by Crippen LogP contribution is 2.30. The highest BCUT2D eigenvalue weighted by molar-refractivity contribution is 7.90. The largest absolute Gasteiger partial charge is 0.480 e. The van der Waals surface area contributed by atoms with Gasteiger partial charge in [0.2, 0.25) is 0 Å². The number of hydrogen-bond acceptors (Lipinski definition) is 6. The Morgan fingerprint density at radius 2 is 1.88 bits per heavy atom. The third kappa shape index (κ3) is 9.64. The number of methoxy groups -OCH3 is 1. The summed E-state index contributed by atoms with van der Waals surface area (Å²) in [6.07, 6.45) is 10.5. The molecule has 42 heavy (non-hydrogen) atoms. The summed E-state index contributed by atoms with van der Waals surface area (Å²) in [5.74, 6) is -1.42. The van der Waals surface area contributed by atoms with E-state index < -0.39 is 27.8 Å². The van der Waals surface area contributed by atoms with Gasteiger partial charge in [0.25, 0.3) is 5.91 Å². The number of ether oxygens (including phenoxy) is 1. The third-order valence-electron chi connectivity index (χ3n) is 7.83. The molecule has 2 aromatic carbocycles. The minimum Gasteiger partial charge on any atom is -0.480 e. The second kappa shape index (κ2) is 15.8. The lowest BCUT2D eigenvalue weighted by atomic mass is 9.81. The fourth-order valence-corrected chi connectivity index (χ4v) is 6.12. The van der Waals surface area contributed by atoms with Gasteiger partial charge in [-0.2, -0.15) is 0 Å². The molecule has 3 rings (SSSR count). The topological polar surface area (TPSA) is 122 Å². The monoisotopic (exact) mass is 596 g/mol. The Bertz CT molecular complexity index is 1400. The van der Waals surface area contributed by atoms with E-state index in [9.17, 15) is 23.1 Å². The molecule has 0 saturated carbocycles. The van der Waals surface area contributed by atoms with Crippen LogP contribution in [0, 0.1) is 18.8 Å². The van der Waals surface area contributed by atoms with Crippen LogP contribution in [-0.2, 0) is 25.9 Å². The van der Waals surface area contributed by atoms with Gasteiger partial charge in [-0.15, -0.1) is 0 Å². The van der Waals surface area contributed by atoms with Crippen molar-refractivity contribution in [3.63, 3.8) is 0 Å². The number of aryl methyl sites for hydroxylation is 1. The zero-order valence-corrected chi connectivity index (χ0v) is 25.9. The van der Waals surface area contributed by atoms with Gasteiger partial charge in [0.05, 0.1) is 5.75 Å². The quantitative estimate of drug-likeness (QED) is 0.251. The molecule has 0 heterocycles. The Kier molecular flexibility index (Phi) is 12.5. The lowest BCUT2D eigenvalue weighted by Gasteiger charge is -2.29. The van der Waals surface area contributed by atoms with Gasteiger partial charge in [-0.25, -0.2) is 13.2 Å². The second-order valence-corrected chi connectivity index (χ2v) is 13.3. The number of hydrogen-bond donors (Lipinski definition) is 3. The molecule has 0 bridgehead atoms. The number of allylic oxidation sites excluding steroid dienone is 3.